The molecule has 2 aromatic rings. The summed E-state index contributed by atoms with van der Waals surface area (Å²) >= 11 is 0. The summed E-state index contributed by atoms with van der Waals surface area (Å²) in [4.78, 5) is 38.9. The normalized spacial score (nSPS) is 14.0. The summed E-state index contributed by atoms with van der Waals surface area (Å²) in [6, 6.07) is 15.2. The van der Waals surface area contributed by atoms with Crippen LogP contribution in [0.25, 0.3) is 0 Å². The Morgan fingerprint density at radius 3 is 2.04 bits per heavy atom. The third-order valence-corrected chi connectivity index (χ3v) is 4.58. The summed E-state index contributed by atoms with van der Waals surface area (Å²) in [7, 11) is 1.78. The van der Waals surface area contributed by atoms with Crippen LogP contribution in [0.2, 0.25) is 0 Å². The molecule has 0 radical (unpaired) electrons. The van der Waals surface area contributed by atoms with Crippen LogP contribution in [0, 0.1) is 6.92 Å². The van der Waals surface area contributed by atoms with Gasteiger partial charge < -0.3 is 4.90 Å². The van der Waals surface area contributed by atoms with Gasteiger partial charge in [-0.05, 0) is 30.2 Å². The highest BCUT2D eigenvalue weighted by Gasteiger charge is 2.28. The van der Waals surface area contributed by atoms with Gasteiger partial charge in [0.1, 0.15) is 0 Å². The van der Waals surface area contributed by atoms with Gasteiger partial charge in [-0.3, -0.25) is 19.3 Å². The summed E-state index contributed by atoms with van der Waals surface area (Å²) in [5.74, 6) is -0.327. The van der Waals surface area contributed by atoms with Crippen LogP contribution in [0.4, 0.5) is 0 Å². The van der Waals surface area contributed by atoms with Gasteiger partial charge in [-0.2, -0.15) is 0 Å². The minimum Gasteiger partial charge on any atom is -0.337 e. The van der Waals surface area contributed by atoms with Crippen molar-refractivity contribution < 1.29 is 14.4 Å². The molecule has 0 unspecified atom stereocenters. The van der Waals surface area contributed by atoms with E-state index in [-0.39, 0.29) is 24.3 Å². The lowest BCUT2D eigenvalue weighted by atomic mass is 10.1. The Hall–Kier alpha value is -2.95. The number of carbonyl (C=O) groups excluding carboxylic acids is 3. The highest BCUT2D eigenvalue weighted by Crippen LogP contribution is 2.17. The standard InChI is InChI=1S/C21H22N2O3/c1-15-3-5-16(6-4-15)13-22(2)21(26)18-9-7-17(8-10-18)14-23-19(24)11-12-20(23)25/h3-10H,11-14H2,1-2H3. The van der Waals surface area contributed by atoms with E-state index in [2.05, 4.69) is 0 Å². The number of amides is 3. The summed E-state index contributed by atoms with van der Waals surface area (Å²) in [6.45, 7) is 2.84. The molecule has 5 heteroatoms. The van der Waals surface area contributed by atoms with Crippen molar-refractivity contribution in [3.05, 3.63) is 70.8 Å². The smallest absolute Gasteiger partial charge is 0.253 e. The van der Waals surface area contributed by atoms with E-state index in [4.69, 9.17) is 0 Å². The van der Waals surface area contributed by atoms with Crippen molar-refractivity contribution in [1.29, 1.82) is 0 Å². The lowest BCUT2D eigenvalue weighted by Gasteiger charge is -2.18. The molecule has 26 heavy (non-hydrogen) atoms. The van der Waals surface area contributed by atoms with E-state index < -0.39 is 0 Å². The molecule has 1 fully saturated rings. The fraction of sp³-hybridized carbons (Fsp3) is 0.286. The van der Waals surface area contributed by atoms with Crippen molar-refractivity contribution >= 4 is 17.7 Å². The molecule has 0 atom stereocenters. The van der Waals surface area contributed by atoms with Gasteiger partial charge in [0.2, 0.25) is 11.8 Å². The molecule has 3 amide bonds. The summed E-state index contributed by atoms with van der Waals surface area (Å²) < 4.78 is 0. The lowest BCUT2D eigenvalue weighted by Crippen LogP contribution is -2.28. The molecule has 0 N–H and O–H groups in total. The van der Waals surface area contributed by atoms with Crippen molar-refractivity contribution in [1.82, 2.24) is 9.80 Å². The number of rotatable bonds is 5. The van der Waals surface area contributed by atoms with Crippen LogP contribution in [0.15, 0.2) is 48.5 Å². The number of likely N-dealkylation sites (tertiary alicyclic amines) is 1. The molecule has 3 rings (SSSR count). The SMILES string of the molecule is Cc1ccc(CN(C)C(=O)c2ccc(CN3C(=O)CCC3=O)cc2)cc1. The molecular weight excluding hydrogens is 328 g/mol. The van der Waals surface area contributed by atoms with Gasteiger partial charge in [-0.1, -0.05) is 42.0 Å². The second-order valence-corrected chi connectivity index (χ2v) is 6.72. The van der Waals surface area contributed by atoms with Crippen LogP contribution in [0.1, 0.15) is 39.9 Å². The highest BCUT2D eigenvalue weighted by molar-refractivity contribution is 6.01. The average molecular weight is 350 g/mol. The first-order valence-electron chi connectivity index (χ1n) is 8.67. The topological polar surface area (TPSA) is 57.7 Å². The first kappa shape index (κ1) is 17.9. The van der Waals surface area contributed by atoms with Crippen LogP contribution in [0.3, 0.4) is 0 Å². The van der Waals surface area contributed by atoms with Crippen LogP contribution < -0.4 is 0 Å². The number of carbonyl (C=O) groups is 3. The maximum absolute atomic E-state index is 12.6. The Bertz CT molecular complexity index is 809. The maximum Gasteiger partial charge on any atom is 0.253 e. The summed E-state index contributed by atoms with van der Waals surface area (Å²) in [6.07, 6.45) is 0.582. The van der Waals surface area contributed by atoms with E-state index in [0.29, 0.717) is 24.9 Å². The molecule has 1 heterocycles. The lowest BCUT2D eigenvalue weighted by molar-refractivity contribution is -0.139. The minimum absolute atomic E-state index is 0.0644. The fourth-order valence-corrected chi connectivity index (χ4v) is 2.99. The van der Waals surface area contributed by atoms with Crippen LogP contribution in [0.5, 0.6) is 0 Å². The van der Waals surface area contributed by atoms with E-state index in [0.717, 1.165) is 11.1 Å². The van der Waals surface area contributed by atoms with Gasteiger partial charge in [-0.15, -0.1) is 0 Å². The van der Waals surface area contributed by atoms with E-state index in [1.807, 2.05) is 31.2 Å². The minimum atomic E-state index is -0.131. The number of nitrogens with zero attached hydrogens (tertiary/aromatic N) is 2. The third kappa shape index (κ3) is 3.99. The molecule has 0 saturated carbocycles. The second-order valence-electron chi connectivity index (χ2n) is 6.72. The van der Waals surface area contributed by atoms with E-state index in [1.165, 1.54) is 10.5 Å². The summed E-state index contributed by atoms with van der Waals surface area (Å²) in [5.41, 5.74) is 3.69. The van der Waals surface area contributed by atoms with Crippen LogP contribution in [-0.4, -0.2) is 34.6 Å². The zero-order valence-electron chi connectivity index (χ0n) is 15.1. The Kier molecular flexibility index (Phi) is 5.16. The van der Waals surface area contributed by atoms with Crippen molar-refractivity contribution in [3.8, 4) is 0 Å². The average Bonchev–Trinajstić information content (AvgIpc) is 2.95. The molecule has 0 aliphatic carbocycles. The molecule has 0 bridgehead atoms. The first-order valence-corrected chi connectivity index (χ1v) is 8.67. The van der Waals surface area contributed by atoms with Crippen molar-refractivity contribution in [2.45, 2.75) is 32.9 Å². The largest absolute Gasteiger partial charge is 0.337 e. The molecule has 1 aliphatic heterocycles. The molecular formula is C21H22N2O3. The van der Waals surface area contributed by atoms with Gasteiger partial charge >= 0.3 is 0 Å². The molecule has 134 valence electrons. The van der Waals surface area contributed by atoms with Gasteiger partial charge in [0.05, 0.1) is 6.54 Å². The number of aryl methyl sites for hydroxylation is 1. The Labute approximate surface area is 153 Å². The fourth-order valence-electron chi connectivity index (χ4n) is 2.99. The quantitative estimate of drug-likeness (QED) is 0.779. The van der Waals surface area contributed by atoms with E-state index in [9.17, 15) is 14.4 Å². The van der Waals surface area contributed by atoms with Crippen molar-refractivity contribution in [2.75, 3.05) is 7.05 Å². The number of benzene rings is 2. The van der Waals surface area contributed by atoms with Crippen LogP contribution in [-0.2, 0) is 22.7 Å². The molecule has 0 spiro atoms. The third-order valence-electron chi connectivity index (χ3n) is 4.58. The Morgan fingerprint density at radius 2 is 1.46 bits per heavy atom. The van der Waals surface area contributed by atoms with E-state index >= 15 is 0 Å². The van der Waals surface area contributed by atoms with Gasteiger partial charge in [0.15, 0.2) is 0 Å². The molecule has 1 saturated heterocycles. The van der Waals surface area contributed by atoms with Crippen LogP contribution >= 0.6 is 0 Å². The predicted octanol–water partition coefficient (Wildman–Crippen LogP) is 2.92. The predicted molar refractivity (Wildman–Crippen MR) is 98.2 cm³/mol. The van der Waals surface area contributed by atoms with Crippen molar-refractivity contribution in [2.24, 2.45) is 0 Å². The maximum atomic E-state index is 12.6. The highest BCUT2D eigenvalue weighted by atomic mass is 16.2. The van der Waals surface area contributed by atoms with Gasteiger partial charge in [-0.25, -0.2) is 0 Å². The zero-order chi connectivity index (χ0) is 18.7. The van der Waals surface area contributed by atoms with E-state index in [1.54, 1.807) is 36.2 Å². The van der Waals surface area contributed by atoms with Gasteiger partial charge in [0, 0.05) is 32.0 Å². The first-order chi connectivity index (χ1) is 12.4. The molecule has 5 nitrogen and oxygen atoms in total. The molecule has 1 aliphatic rings. The summed E-state index contributed by atoms with van der Waals surface area (Å²) in [5, 5.41) is 0. The Morgan fingerprint density at radius 1 is 0.923 bits per heavy atom. The van der Waals surface area contributed by atoms with Crippen molar-refractivity contribution in [3.63, 3.8) is 0 Å². The molecule has 0 aromatic heterocycles. The Balaban J connectivity index is 1.63. The monoisotopic (exact) mass is 350 g/mol. The number of hydrogen-bond donors (Lipinski definition) is 0. The number of imide groups is 1. The second kappa shape index (κ2) is 7.52. The van der Waals surface area contributed by atoms with Gasteiger partial charge in [0.25, 0.3) is 5.91 Å². The zero-order valence-corrected chi connectivity index (χ0v) is 15.1. The molecule has 2 aromatic carbocycles. The number of hydrogen-bond acceptors (Lipinski definition) is 3.